The van der Waals surface area contributed by atoms with Crippen molar-refractivity contribution >= 4 is 10.9 Å². The van der Waals surface area contributed by atoms with Gasteiger partial charge in [-0.15, -0.1) is 0 Å². The molecule has 0 fully saturated rings. The second-order valence-electron chi connectivity index (χ2n) is 4.67. The van der Waals surface area contributed by atoms with Crippen LogP contribution in [0.3, 0.4) is 0 Å². The first-order valence-electron chi connectivity index (χ1n) is 6.52. The molecular weight excluding hydrogens is 252 g/mol. The lowest BCUT2D eigenvalue weighted by atomic mass is 10.2. The van der Waals surface area contributed by atoms with Gasteiger partial charge in [0.15, 0.2) is 0 Å². The zero-order chi connectivity index (χ0) is 13.9. The molecule has 0 aliphatic carbocycles. The van der Waals surface area contributed by atoms with E-state index in [9.17, 15) is 0 Å². The minimum absolute atomic E-state index is 0.388. The molecule has 0 unspecified atom stereocenters. The van der Waals surface area contributed by atoms with Crippen LogP contribution in [-0.4, -0.2) is 4.98 Å². The number of furan rings is 1. The number of benzene rings is 1. The van der Waals surface area contributed by atoms with Gasteiger partial charge in [-0.25, -0.2) is 0 Å². The van der Waals surface area contributed by atoms with E-state index >= 15 is 0 Å². The number of hydrogen-bond donors (Lipinski definition) is 1. The van der Waals surface area contributed by atoms with Crippen molar-refractivity contribution in [3.8, 4) is 5.75 Å². The molecule has 2 aromatic heterocycles. The highest BCUT2D eigenvalue weighted by atomic mass is 16.5. The molecule has 3 rings (SSSR count). The maximum atomic E-state index is 5.74. The van der Waals surface area contributed by atoms with E-state index in [-0.39, 0.29) is 0 Å². The molecule has 3 aromatic rings. The number of aryl methyl sites for hydroxylation is 1. The van der Waals surface area contributed by atoms with Gasteiger partial charge in [0, 0.05) is 17.6 Å². The van der Waals surface area contributed by atoms with Crippen molar-refractivity contribution < 1.29 is 9.15 Å². The van der Waals surface area contributed by atoms with Crippen LogP contribution >= 0.6 is 0 Å². The fourth-order valence-electron chi connectivity index (χ4n) is 2.15. The first-order valence-corrected chi connectivity index (χ1v) is 6.52. The van der Waals surface area contributed by atoms with E-state index in [2.05, 4.69) is 4.98 Å². The number of ether oxygens (including phenoxy) is 1. The molecule has 1 aromatic carbocycles. The summed E-state index contributed by atoms with van der Waals surface area (Å²) in [4.78, 5) is 4.31. The molecule has 0 spiro atoms. The number of aromatic nitrogens is 1. The molecule has 0 bridgehead atoms. The van der Waals surface area contributed by atoms with E-state index < -0.39 is 0 Å². The molecule has 102 valence electrons. The Morgan fingerprint density at radius 1 is 1.25 bits per heavy atom. The van der Waals surface area contributed by atoms with Crippen LogP contribution < -0.4 is 10.5 Å². The van der Waals surface area contributed by atoms with Crippen molar-refractivity contribution in [3.05, 3.63) is 59.7 Å². The Morgan fingerprint density at radius 2 is 2.15 bits per heavy atom. The molecular formula is C16H16N2O2. The largest absolute Gasteiger partial charge is 0.486 e. The fraction of sp³-hybridized carbons (Fsp3) is 0.188. The normalized spacial score (nSPS) is 10.9. The average Bonchev–Trinajstić information content (AvgIpc) is 2.85. The first-order chi connectivity index (χ1) is 9.76. The number of fused-ring (bicyclic) bond motifs is 1. The Kier molecular flexibility index (Phi) is 3.39. The van der Waals surface area contributed by atoms with Crippen LogP contribution in [0.5, 0.6) is 5.75 Å². The van der Waals surface area contributed by atoms with Crippen LogP contribution in [0.1, 0.15) is 17.1 Å². The molecule has 0 atom stereocenters. The van der Waals surface area contributed by atoms with Gasteiger partial charge in [-0.3, -0.25) is 4.98 Å². The Morgan fingerprint density at radius 3 is 2.95 bits per heavy atom. The van der Waals surface area contributed by atoms with Gasteiger partial charge in [0.1, 0.15) is 23.9 Å². The summed E-state index contributed by atoms with van der Waals surface area (Å²) >= 11 is 0. The molecule has 0 radical (unpaired) electrons. The third-order valence-electron chi connectivity index (χ3n) is 3.22. The second kappa shape index (κ2) is 5.35. The Labute approximate surface area is 117 Å². The minimum Gasteiger partial charge on any atom is -0.486 e. The highest BCUT2D eigenvalue weighted by Gasteiger charge is 2.07. The van der Waals surface area contributed by atoms with Crippen LogP contribution in [0.2, 0.25) is 0 Å². The van der Waals surface area contributed by atoms with Gasteiger partial charge < -0.3 is 14.9 Å². The van der Waals surface area contributed by atoms with E-state index in [1.807, 2.05) is 43.3 Å². The van der Waals surface area contributed by atoms with Crippen molar-refractivity contribution in [2.24, 2.45) is 5.73 Å². The number of nitrogens with two attached hydrogens (primary N) is 1. The standard InChI is InChI=1S/C16H16N2O2/c1-11-7-14(20-16(11)9-17)10-19-13-5-4-12-3-2-6-18-15(12)8-13/h2-8H,9-10,17H2,1H3. The predicted octanol–water partition coefficient (Wildman–Crippen LogP) is 3.17. The SMILES string of the molecule is Cc1cc(COc2ccc3cccnc3c2)oc1CN. The molecule has 2 heterocycles. The summed E-state index contributed by atoms with van der Waals surface area (Å²) < 4.78 is 11.3. The number of rotatable bonds is 4. The number of pyridine rings is 1. The van der Waals surface area contributed by atoms with Crippen molar-refractivity contribution in [3.63, 3.8) is 0 Å². The van der Waals surface area contributed by atoms with Gasteiger partial charge in [0.25, 0.3) is 0 Å². The smallest absolute Gasteiger partial charge is 0.146 e. The van der Waals surface area contributed by atoms with Gasteiger partial charge in [0.05, 0.1) is 12.1 Å². The average molecular weight is 268 g/mol. The van der Waals surface area contributed by atoms with E-state index in [4.69, 9.17) is 14.9 Å². The van der Waals surface area contributed by atoms with Gasteiger partial charge in [-0.05, 0) is 36.8 Å². The summed E-state index contributed by atoms with van der Waals surface area (Å²) in [5, 5.41) is 1.10. The molecule has 20 heavy (non-hydrogen) atoms. The highest BCUT2D eigenvalue weighted by molar-refractivity contribution is 5.79. The van der Waals surface area contributed by atoms with Crippen LogP contribution in [-0.2, 0) is 13.2 Å². The fourth-order valence-corrected chi connectivity index (χ4v) is 2.15. The molecule has 0 saturated heterocycles. The monoisotopic (exact) mass is 268 g/mol. The Bertz CT molecular complexity index is 734. The third-order valence-corrected chi connectivity index (χ3v) is 3.22. The van der Waals surface area contributed by atoms with E-state index in [0.717, 1.165) is 33.7 Å². The lowest BCUT2D eigenvalue weighted by molar-refractivity contribution is 0.266. The van der Waals surface area contributed by atoms with Gasteiger partial charge in [-0.2, -0.15) is 0 Å². The molecule has 0 amide bonds. The van der Waals surface area contributed by atoms with Crippen LogP contribution in [0.25, 0.3) is 10.9 Å². The molecule has 0 aliphatic heterocycles. The molecule has 0 saturated carbocycles. The lowest BCUT2D eigenvalue weighted by Gasteiger charge is -2.05. The summed E-state index contributed by atoms with van der Waals surface area (Å²) in [6.45, 7) is 2.78. The van der Waals surface area contributed by atoms with Crippen molar-refractivity contribution in [1.29, 1.82) is 0 Å². The lowest BCUT2D eigenvalue weighted by Crippen LogP contribution is -1.96. The topological polar surface area (TPSA) is 61.3 Å². The number of hydrogen-bond acceptors (Lipinski definition) is 4. The maximum Gasteiger partial charge on any atom is 0.146 e. The van der Waals surface area contributed by atoms with Crippen LogP contribution in [0.15, 0.2) is 47.0 Å². The highest BCUT2D eigenvalue weighted by Crippen LogP contribution is 2.21. The molecule has 2 N–H and O–H groups in total. The van der Waals surface area contributed by atoms with Gasteiger partial charge in [0.2, 0.25) is 0 Å². The van der Waals surface area contributed by atoms with E-state index in [0.29, 0.717) is 13.2 Å². The van der Waals surface area contributed by atoms with Crippen LogP contribution in [0.4, 0.5) is 0 Å². The van der Waals surface area contributed by atoms with Gasteiger partial charge in [-0.1, -0.05) is 6.07 Å². The van der Waals surface area contributed by atoms with E-state index in [1.54, 1.807) is 6.20 Å². The van der Waals surface area contributed by atoms with Crippen molar-refractivity contribution in [2.45, 2.75) is 20.1 Å². The Hall–Kier alpha value is -2.33. The predicted molar refractivity (Wildman–Crippen MR) is 77.4 cm³/mol. The molecule has 4 nitrogen and oxygen atoms in total. The summed E-state index contributed by atoms with van der Waals surface area (Å²) in [7, 11) is 0. The number of nitrogens with zero attached hydrogens (tertiary/aromatic N) is 1. The van der Waals surface area contributed by atoms with Gasteiger partial charge >= 0.3 is 0 Å². The summed E-state index contributed by atoms with van der Waals surface area (Å²) in [6.07, 6.45) is 1.77. The zero-order valence-electron chi connectivity index (χ0n) is 11.3. The summed E-state index contributed by atoms with van der Waals surface area (Å²) in [5.74, 6) is 2.37. The molecule has 0 aliphatic rings. The third kappa shape index (κ3) is 2.51. The van der Waals surface area contributed by atoms with Crippen molar-refractivity contribution in [1.82, 2.24) is 4.98 Å². The minimum atomic E-state index is 0.388. The van der Waals surface area contributed by atoms with E-state index in [1.165, 1.54) is 0 Å². The zero-order valence-corrected chi connectivity index (χ0v) is 11.3. The summed E-state index contributed by atoms with van der Waals surface area (Å²) in [6, 6.07) is 11.8. The first kappa shape index (κ1) is 12.7. The summed E-state index contributed by atoms with van der Waals surface area (Å²) in [5.41, 5.74) is 7.57. The van der Waals surface area contributed by atoms with Crippen LogP contribution in [0, 0.1) is 6.92 Å². The quantitative estimate of drug-likeness (QED) is 0.789. The Balaban J connectivity index is 1.75. The second-order valence-corrected chi connectivity index (χ2v) is 4.67. The maximum absolute atomic E-state index is 5.74. The van der Waals surface area contributed by atoms with Crippen molar-refractivity contribution in [2.75, 3.05) is 0 Å². The molecule has 4 heteroatoms.